The second-order valence-electron chi connectivity index (χ2n) is 7.88. The van der Waals surface area contributed by atoms with Gasteiger partial charge >= 0.3 is 0 Å². The zero-order valence-electron chi connectivity index (χ0n) is 16.5. The molecule has 0 amide bonds. The predicted octanol–water partition coefficient (Wildman–Crippen LogP) is 4.72. The van der Waals surface area contributed by atoms with Gasteiger partial charge in [0.05, 0.1) is 6.61 Å². The second-order valence-corrected chi connectivity index (χ2v) is 7.88. The highest BCUT2D eigenvalue weighted by Crippen LogP contribution is 2.40. The summed E-state index contributed by atoms with van der Waals surface area (Å²) in [5, 5.41) is 0. The van der Waals surface area contributed by atoms with E-state index >= 15 is 0 Å². The van der Waals surface area contributed by atoms with Crippen molar-refractivity contribution >= 4 is 5.57 Å². The van der Waals surface area contributed by atoms with Gasteiger partial charge in [-0.05, 0) is 48.2 Å². The first-order valence-corrected chi connectivity index (χ1v) is 10.0. The van der Waals surface area contributed by atoms with Crippen molar-refractivity contribution in [1.82, 2.24) is 4.90 Å². The van der Waals surface area contributed by atoms with Crippen molar-refractivity contribution in [3.8, 4) is 5.75 Å². The Kier molecular flexibility index (Phi) is 5.33. The minimum absolute atomic E-state index is 0.143. The third-order valence-electron chi connectivity index (χ3n) is 5.64. The molecule has 0 radical (unpaired) electrons. The van der Waals surface area contributed by atoms with Gasteiger partial charge in [-0.3, -0.25) is 4.90 Å². The van der Waals surface area contributed by atoms with Gasteiger partial charge in [0, 0.05) is 25.0 Å². The fourth-order valence-electron chi connectivity index (χ4n) is 4.05. The zero-order chi connectivity index (χ0) is 18.8. The predicted molar refractivity (Wildman–Crippen MR) is 110 cm³/mol. The van der Waals surface area contributed by atoms with E-state index < -0.39 is 0 Å². The quantitative estimate of drug-likeness (QED) is 0.767. The van der Waals surface area contributed by atoms with Crippen LogP contribution < -0.4 is 4.74 Å². The summed E-state index contributed by atoms with van der Waals surface area (Å²) < 4.78 is 12.0. The van der Waals surface area contributed by atoms with Crippen LogP contribution in [0.1, 0.15) is 43.4 Å². The first-order chi connectivity index (χ1) is 13.1. The Labute approximate surface area is 162 Å². The van der Waals surface area contributed by atoms with Crippen LogP contribution in [0.4, 0.5) is 0 Å². The van der Waals surface area contributed by atoms with E-state index in [1.807, 2.05) is 0 Å². The normalized spacial score (nSPS) is 22.6. The molecule has 0 aromatic heterocycles. The fourth-order valence-corrected chi connectivity index (χ4v) is 4.05. The Morgan fingerprint density at radius 3 is 2.74 bits per heavy atom. The van der Waals surface area contributed by atoms with E-state index in [9.17, 15) is 0 Å². The third kappa shape index (κ3) is 3.95. The van der Waals surface area contributed by atoms with Gasteiger partial charge in [-0.25, -0.2) is 0 Å². The molecule has 1 saturated heterocycles. The minimum atomic E-state index is 0.143. The van der Waals surface area contributed by atoms with Gasteiger partial charge in [0.15, 0.2) is 0 Å². The van der Waals surface area contributed by atoms with E-state index in [0.717, 1.165) is 25.4 Å². The third-order valence-corrected chi connectivity index (χ3v) is 5.64. The van der Waals surface area contributed by atoms with Crippen molar-refractivity contribution in [1.29, 1.82) is 0 Å². The number of nitrogens with zero attached hydrogens (tertiary/aromatic N) is 1. The van der Waals surface area contributed by atoms with E-state index in [2.05, 4.69) is 80.3 Å². The van der Waals surface area contributed by atoms with Crippen LogP contribution in [-0.4, -0.2) is 43.3 Å². The summed E-state index contributed by atoms with van der Waals surface area (Å²) in [5.41, 5.74) is 5.27. The number of hydrogen-bond acceptors (Lipinski definition) is 3. The molecule has 27 heavy (non-hydrogen) atoms. The van der Waals surface area contributed by atoms with Gasteiger partial charge < -0.3 is 9.47 Å². The lowest BCUT2D eigenvalue weighted by atomic mass is 9.98. The van der Waals surface area contributed by atoms with Crippen molar-refractivity contribution in [3.05, 3.63) is 71.3 Å². The molecule has 1 aliphatic heterocycles. The molecule has 142 valence electrons. The van der Waals surface area contributed by atoms with Crippen molar-refractivity contribution in [3.63, 3.8) is 0 Å². The van der Waals surface area contributed by atoms with Gasteiger partial charge in [0.2, 0.25) is 0 Å². The molecule has 2 aliphatic rings. The first-order valence-electron chi connectivity index (χ1n) is 10.0. The molecule has 3 heteroatoms. The molecule has 0 bridgehead atoms. The minimum Gasteiger partial charge on any atom is -0.491 e. The Balaban J connectivity index is 1.44. The number of benzene rings is 2. The maximum Gasteiger partial charge on any atom is 0.119 e. The molecule has 1 aliphatic carbocycles. The second kappa shape index (κ2) is 7.87. The highest BCUT2D eigenvalue weighted by Gasteiger charge is 2.24. The van der Waals surface area contributed by atoms with E-state index in [1.54, 1.807) is 0 Å². The first kappa shape index (κ1) is 18.3. The smallest absolute Gasteiger partial charge is 0.119 e. The molecule has 2 unspecified atom stereocenters. The van der Waals surface area contributed by atoms with E-state index in [0.29, 0.717) is 18.6 Å². The summed E-state index contributed by atoms with van der Waals surface area (Å²) in [7, 11) is 0. The van der Waals surface area contributed by atoms with Crippen molar-refractivity contribution in [2.75, 3.05) is 26.3 Å². The summed E-state index contributed by atoms with van der Waals surface area (Å²) in [5.74, 6) is 1.34. The summed E-state index contributed by atoms with van der Waals surface area (Å²) in [6.45, 7) is 10.1. The van der Waals surface area contributed by atoms with Crippen LogP contribution in [0.2, 0.25) is 0 Å². The Morgan fingerprint density at radius 2 is 1.96 bits per heavy atom. The number of ether oxygens (including phenoxy) is 2. The number of morpholine rings is 1. The highest BCUT2D eigenvalue weighted by atomic mass is 16.5. The van der Waals surface area contributed by atoms with E-state index in [1.165, 1.54) is 22.3 Å². The molecule has 2 aromatic carbocycles. The van der Waals surface area contributed by atoms with Gasteiger partial charge in [-0.2, -0.15) is 0 Å². The van der Waals surface area contributed by atoms with Gasteiger partial charge in [0.25, 0.3) is 0 Å². The molecule has 2 atom stereocenters. The molecule has 0 N–H and O–H groups in total. The molecule has 0 saturated carbocycles. The number of fused-ring (bicyclic) bond motifs is 1. The van der Waals surface area contributed by atoms with Crippen LogP contribution in [0.15, 0.2) is 54.6 Å². The van der Waals surface area contributed by atoms with Crippen LogP contribution >= 0.6 is 0 Å². The topological polar surface area (TPSA) is 21.7 Å². The molecular formula is C24H29NO2. The largest absolute Gasteiger partial charge is 0.491 e. The maximum absolute atomic E-state index is 6.11. The summed E-state index contributed by atoms with van der Waals surface area (Å²) in [6, 6.07) is 17.7. The van der Waals surface area contributed by atoms with Gasteiger partial charge in [-0.15, -0.1) is 0 Å². The van der Waals surface area contributed by atoms with Gasteiger partial charge in [-0.1, -0.05) is 49.4 Å². The standard InChI is InChI=1S/C24H29NO2/c1-17(2)25-11-12-26-21(15-25)16-27-20-9-10-22-23(14-20)18(3)13-24(22)19-7-5-4-6-8-19/h4-10,13-14,17-18,21H,11-12,15-16H2,1-3H3. The van der Waals surface area contributed by atoms with Crippen LogP contribution in [0.25, 0.3) is 5.57 Å². The number of allylic oxidation sites excluding steroid dienone is 1. The van der Waals surface area contributed by atoms with Crippen molar-refractivity contribution in [2.45, 2.75) is 38.8 Å². The highest BCUT2D eigenvalue weighted by molar-refractivity contribution is 5.86. The van der Waals surface area contributed by atoms with Gasteiger partial charge in [0.1, 0.15) is 18.5 Å². The van der Waals surface area contributed by atoms with Crippen LogP contribution in [0.5, 0.6) is 5.75 Å². The molecule has 3 nitrogen and oxygen atoms in total. The SMILES string of the molecule is CC1C=C(c2ccccc2)c2ccc(OCC3CN(C(C)C)CCO3)cc21. The Bertz CT molecular complexity index is 812. The lowest BCUT2D eigenvalue weighted by Crippen LogP contribution is -2.47. The average molecular weight is 364 g/mol. The maximum atomic E-state index is 6.11. The van der Waals surface area contributed by atoms with Crippen LogP contribution in [-0.2, 0) is 4.74 Å². The van der Waals surface area contributed by atoms with Crippen molar-refractivity contribution in [2.24, 2.45) is 0 Å². The lowest BCUT2D eigenvalue weighted by molar-refractivity contribution is -0.0564. The fraction of sp³-hybridized carbons (Fsp3) is 0.417. The summed E-state index contributed by atoms with van der Waals surface area (Å²) in [4.78, 5) is 2.46. The Morgan fingerprint density at radius 1 is 1.15 bits per heavy atom. The summed E-state index contributed by atoms with van der Waals surface area (Å²) in [6.07, 6.45) is 2.50. The lowest BCUT2D eigenvalue weighted by Gasteiger charge is -2.35. The molecular weight excluding hydrogens is 334 g/mol. The molecule has 4 rings (SSSR count). The van der Waals surface area contributed by atoms with Crippen molar-refractivity contribution < 1.29 is 9.47 Å². The van der Waals surface area contributed by atoms with E-state index in [-0.39, 0.29) is 6.10 Å². The molecule has 0 spiro atoms. The van der Waals surface area contributed by atoms with Crippen LogP contribution in [0.3, 0.4) is 0 Å². The number of hydrogen-bond donors (Lipinski definition) is 0. The van der Waals surface area contributed by atoms with E-state index in [4.69, 9.17) is 9.47 Å². The monoisotopic (exact) mass is 363 g/mol. The molecule has 1 fully saturated rings. The zero-order valence-corrected chi connectivity index (χ0v) is 16.5. The molecule has 2 aromatic rings. The molecule has 1 heterocycles. The Hall–Kier alpha value is -2.10. The van der Waals surface area contributed by atoms with Crippen LogP contribution in [0, 0.1) is 0 Å². The average Bonchev–Trinajstić information content (AvgIpc) is 3.03. The number of rotatable bonds is 5. The summed E-state index contributed by atoms with van der Waals surface area (Å²) >= 11 is 0.